The van der Waals surface area contributed by atoms with Crippen LogP contribution in [0.25, 0.3) is 0 Å². The second-order valence-corrected chi connectivity index (χ2v) is 7.45. The minimum Gasteiger partial charge on any atom is -0.483 e. The number of carbonyl (C=O) groups is 2. The zero-order valence-corrected chi connectivity index (χ0v) is 14.5. The molecule has 1 N–H and O–H groups in total. The molecule has 3 saturated heterocycles. The maximum absolute atomic E-state index is 12.5. The molecule has 0 aliphatic carbocycles. The maximum Gasteiger partial charge on any atom is 0.290 e. The fourth-order valence-electron chi connectivity index (χ4n) is 3.56. The molecule has 3 fully saturated rings. The van der Waals surface area contributed by atoms with Gasteiger partial charge < -0.3 is 14.7 Å². The third-order valence-corrected chi connectivity index (χ3v) is 5.88. The van der Waals surface area contributed by atoms with Crippen LogP contribution in [-0.4, -0.2) is 84.2 Å². The normalized spacial score (nSPS) is 27.0. The second kappa shape index (κ2) is 10.2. The number of carbonyl (C=O) groups excluding carboxylic acids is 1. The first-order chi connectivity index (χ1) is 11.3. The van der Waals surface area contributed by atoms with E-state index in [9.17, 15) is 4.79 Å². The van der Waals surface area contributed by atoms with Crippen LogP contribution < -0.4 is 0 Å². The van der Waals surface area contributed by atoms with Gasteiger partial charge in [-0.25, -0.2) is 0 Å². The van der Waals surface area contributed by atoms with E-state index in [1.54, 1.807) is 0 Å². The Bertz CT molecular complexity index is 371. The number of ether oxygens (including phenoxy) is 1. The van der Waals surface area contributed by atoms with Crippen molar-refractivity contribution in [1.29, 1.82) is 0 Å². The van der Waals surface area contributed by atoms with Gasteiger partial charge >= 0.3 is 0 Å². The Kier molecular flexibility index (Phi) is 8.19. The molecule has 1 atom stereocenters. The second-order valence-electron chi connectivity index (χ2n) is 6.22. The molecule has 0 aromatic carbocycles. The van der Waals surface area contributed by atoms with Crippen LogP contribution in [0.3, 0.4) is 0 Å². The molecule has 6 nitrogen and oxygen atoms in total. The highest BCUT2D eigenvalue weighted by Gasteiger charge is 2.30. The maximum atomic E-state index is 12.5. The van der Waals surface area contributed by atoms with Crippen LogP contribution in [0.4, 0.5) is 0 Å². The number of nitrogens with zero attached hydrogens (tertiary/aromatic N) is 2. The molecule has 3 aliphatic heterocycles. The minimum atomic E-state index is -0.250. The average Bonchev–Trinajstić information content (AvgIpc) is 3.00. The Morgan fingerprint density at radius 1 is 1.13 bits per heavy atom. The van der Waals surface area contributed by atoms with E-state index in [4.69, 9.17) is 14.6 Å². The van der Waals surface area contributed by atoms with Crippen molar-refractivity contribution in [3.63, 3.8) is 0 Å². The van der Waals surface area contributed by atoms with Crippen molar-refractivity contribution in [2.24, 2.45) is 5.92 Å². The summed E-state index contributed by atoms with van der Waals surface area (Å²) in [5.74, 6) is 3.09. The Morgan fingerprint density at radius 2 is 1.87 bits per heavy atom. The van der Waals surface area contributed by atoms with E-state index in [-0.39, 0.29) is 12.4 Å². The molecule has 1 amide bonds. The van der Waals surface area contributed by atoms with Crippen LogP contribution in [0.2, 0.25) is 0 Å². The van der Waals surface area contributed by atoms with Crippen molar-refractivity contribution in [2.75, 3.05) is 50.9 Å². The Labute approximate surface area is 142 Å². The highest BCUT2D eigenvalue weighted by molar-refractivity contribution is 7.99. The molecule has 23 heavy (non-hydrogen) atoms. The molecule has 3 aliphatic rings. The Balaban J connectivity index is 0.000000595. The molecular weight excluding hydrogens is 316 g/mol. The fourth-order valence-corrected chi connectivity index (χ4v) is 4.64. The predicted octanol–water partition coefficient (Wildman–Crippen LogP) is 1.15. The third-order valence-electron chi connectivity index (χ3n) is 4.83. The molecule has 1 unspecified atom stereocenters. The monoisotopic (exact) mass is 344 g/mol. The Morgan fingerprint density at radius 3 is 2.52 bits per heavy atom. The van der Waals surface area contributed by atoms with Crippen molar-refractivity contribution in [1.82, 2.24) is 9.80 Å². The van der Waals surface area contributed by atoms with Gasteiger partial charge in [0.15, 0.2) is 0 Å². The number of amides is 1. The molecule has 0 bridgehead atoms. The predicted molar refractivity (Wildman–Crippen MR) is 90.7 cm³/mol. The zero-order valence-electron chi connectivity index (χ0n) is 13.7. The Hall–Kier alpha value is -0.790. The van der Waals surface area contributed by atoms with E-state index < -0.39 is 0 Å². The fraction of sp³-hybridized carbons (Fsp3) is 0.875. The number of carboxylic acid groups (broad SMARTS) is 1. The van der Waals surface area contributed by atoms with E-state index in [0.29, 0.717) is 12.5 Å². The molecule has 132 valence electrons. The van der Waals surface area contributed by atoms with Crippen molar-refractivity contribution < 1.29 is 19.4 Å². The molecule has 0 aromatic heterocycles. The molecule has 7 heteroatoms. The van der Waals surface area contributed by atoms with Crippen LogP contribution in [0.15, 0.2) is 0 Å². The summed E-state index contributed by atoms with van der Waals surface area (Å²) in [4.78, 5) is 25.6. The average molecular weight is 344 g/mol. The zero-order chi connectivity index (χ0) is 16.5. The minimum absolute atomic E-state index is 0.132. The van der Waals surface area contributed by atoms with Gasteiger partial charge in [0.2, 0.25) is 5.91 Å². The summed E-state index contributed by atoms with van der Waals surface area (Å²) in [7, 11) is 0. The van der Waals surface area contributed by atoms with E-state index in [2.05, 4.69) is 21.6 Å². The molecule has 3 heterocycles. The summed E-state index contributed by atoms with van der Waals surface area (Å²) in [6, 6.07) is 0.765. The van der Waals surface area contributed by atoms with E-state index >= 15 is 0 Å². The van der Waals surface area contributed by atoms with Crippen molar-refractivity contribution in [3.05, 3.63) is 0 Å². The van der Waals surface area contributed by atoms with E-state index in [1.807, 2.05) is 0 Å². The highest BCUT2D eigenvalue weighted by Crippen LogP contribution is 2.23. The lowest BCUT2D eigenvalue weighted by Gasteiger charge is -2.33. The summed E-state index contributed by atoms with van der Waals surface area (Å²) < 4.78 is 5.36. The first-order valence-corrected chi connectivity index (χ1v) is 9.68. The lowest BCUT2D eigenvalue weighted by Crippen LogP contribution is -2.42. The van der Waals surface area contributed by atoms with Gasteiger partial charge in [-0.05, 0) is 37.2 Å². The van der Waals surface area contributed by atoms with Gasteiger partial charge in [0, 0.05) is 38.8 Å². The molecular formula is C16H28N2O4S. The lowest BCUT2D eigenvalue weighted by molar-refractivity contribution is -0.135. The highest BCUT2D eigenvalue weighted by atomic mass is 32.2. The van der Waals surface area contributed by atoms with Crippen LogP contribution >= 0.6 is 11.8 Å². The summed E-state index contributed by atoms with van der Waals surface area (Å²) in [5, 5.41) is 6.89. The van der Waals surface area contributed by atoms with Gasteiger partial charge in [0.05, 0.1) is 12.5 Å². The third kappa shape index (κ3) is 5.65. The van der Waals surface area contributed by atoms with Gasteiger partial charge in [0.1, 0.15) is 0 Å². The van der Waals surface area contributed by atoms with E-state index in [0.717, 1.165) is 45.1 Å². The number of thioether (sulfide) groups is 1. The molecule has 0 radical (unpaired) electrons. The number of hydrogen-bond donors (Lipinski definition) is 1. The van der Waals surface area contributed by atoms with Crippen LogP contribution in [0.5, 0.6) is 0 Å². The van der Waals surface area contributed by atoms with Crippen molar-refractivity contribution in [2.45, 2.75) is 31.7 Å². The lowest BCUT2D eigenvalue weighted by atomic mass is 10.1. The van der Waals surface area contributed by atoms with Gasteiger partial charge in [0.25, 0.3) is 6.47 Å². The molecule has 0 aromatic rings. The van der Waals surface area contributed by atoms with Gasteiger partial charge in [-0.2, -0.15) is 11.8 Å². The van der Waals surface area contributed by atoms with Crippen LogP contribution in [0, 0.1) is 5.92 Å². The number of hydrogen-bond acceptors (Lipinski definition) is 5. The smallest absolute Gasteiger partial charge is 0.290 e. The summed E-state index contributed by atoms with van der Waals surface area (Å²) in [6.45, 7) is 5.23. The van der Waals surface area contributed by atoms with Crippen molar-refractivity contribution >= 4 is 24.1 Å². The van der Waals surface area contributed by atoms with Crippen LogP contribution in [-0.2, 0) is 14.3 Å². The largest absolute Gasteiger partial charge is 0.483 e. The summed E-state index contributed by atoms with van der Waals surface area (Å²) in [5.41, 5.74) is 0. The van der Waals surface area contributed by atoms with Gasteiger partial charge in [-0.15, -0.1) is 0 Å². The summed E-state index contributed by atoms with van der Waals surface area (Å²) >= 11 is 2.09. The quantitative estimate of drug-likeness (QED) is 0.758. The van der Waals surface area contributed by atoms with Gasteiger partial charge in [-0.3, -0.25) is 14.5 Å². The molecule has 3 rings (SSSR count). The topological polar surface area (TPSA) is 70.1 Å². The van der Waals surface area contributed by atoms with Crippen molar-refractivity contribution in [3.8, 4) is 0 Å². The first kappa shape index (κ1) is 18.5. The van der Waals surface area contributed by atoms with Gasteiger partial charge in [-0.1, -0.05) is 0 Å². The van der Waals surface area contributed by atoms with Crippen LogP contribution in [0.1, 0.15) is 25.7 Å². The standard InChI is InChI=1S/C15H26N2O2S.CH2O2/c18-15(13-2-9-19-12-13)17-6-1-5-16(7-8-17)14-3-10-20-11-4-14;2-1-3/h13-14H,1-12H2;1H,(H,2,3). The SMILES string of the molecule is O=C(C1CCOC1)N1CCCN(C2CCSCC2)CC1.O=CO. The first-order valence-electron chi connectivity index (χ1n) is 8.52. The molecule has 0 saturated carbocycles. The summed E-state index contributed by atoms with van der Waals surface area (Å²) in [6.07, 6.45) is 4.70. The molecule has 0 spiro atoms. The van der Waals surface area contributed by atoms with E-state index in [1.165, 1.54) is 30.9 Å². The number of rotatable bonds is 2.